The van der Waals surface area contributed by atoms with Gasteiger partial charge in [0, 0.05) is 17.0 Å². The Kier molecular flexibility index (Phi) is 7.19. The van der Waals surface area contributed by atoms with Crippen LogP contribution in [0.1, 0.15) is 19.3 Å². The molecule has 1 heterocycles. The van der Waals surface area contributed by atoms with Crippen molar-refractivity contribution in [1.82, 2.24) is 0 Å². The molecule has 0 bridgehead atoms. The molecule has 7 heteroatoms. The van der Waals surface area contributed by atoms with Gasteiger partial charge in [0.25, 0.3) is 0 Å². The van der Waals surface area contributed by atoms with Crippen LogP contribution in [0, 0.1) is 0 Å². The van der Waals surface area contributed by atoms with E-state index in [-0.39, 0.29) is 24.4 Å². The van der Waals surface area contributed by atoms with Crippen LogP contribution < -0.4 is 14.8 Å². The number of fused-ring (bicyclic) bond motifs is 1. The molecule has 1 aliphatic heterocycles. The maximum Gasteiger partial charge on any atom is 0.305 e. The van der Waals surface area contributed by atoms with Gasteiger partial charge >= 0.3 is 5.97 Å². The summed E-state index contributed by atoms with van der Waals surface area (Å²) in [7, 11) is 1.40. The number of amides is 1. The first-order valence-electron chi connectivity index (χ1n) is 9.12. The number of ether oxygens (including phenoxy) is 3. The Bertz CT molecular complexity index is 812. The van der Waals surface area contributed by atoms with Crippen molar-refractivity contribution in [3.05, 3.63) is 48.5 Å². The number of rotatable bonds is 8. The lowest BCUT2D eigenvalue weighted by Gasteiger charge is -2.26. The molecule has 1 unspecified atom stereocenters. The highest BCUT2D eigenvalue weighted by atomic mass is 32.2. The van der Waals surface area contributed by atoms with Crippen LogP contribution in [0.5, 0.6) is 11.5 Å². The summed E-state index contributed by atoms with van der Waals surface area (Å²) in [5, 5.41) is 2.86. The molecule has 3 rings (SSSR count). The minimum Gasteiger partial charge on any atom is -0.486 e. The molecule has 0 aromatic heterocycles. The van der Waals surface area contributed by atoms with E-state index >= 15 is 0 Å². The average Bonchev–Trinajstić information content (AvgIpc) is 2.71. The van der Waals surface area contributed by atoms with Gasteiger partial charge in [0.2, 0.25) is 5.91 Å². The number of nitrogens with one attached hydrogen (secondary N) is 1. The first kappa shape index (κ1) is 20.1. The maximum atomic E-state index is 12.2. The molecule has 0 saturated carbocycles. The van der Waals surface area contributed by atoms with Crippen LogP contribution in [-0.2, 0) is 14.3 Å². The van der Waals surface area contributed by atoms with E-state index in [1.165, 1.54) is 7.11 Å². The predicted octanol–water partition coefficient (Wildman–Crippen LogP) is 3.90. The summed E-state index contributed by atoms with van der Waals surface area (Å²) in [5.41, 5.74) is 0.760. The third kappa shape index (κ3) is 5.92. The van der Waals surface area contributed by atoms with Crippen molar-refractivity contribution in [1.29, 1.82) is 0 Å². The lowest BCUT2D eigenvalue weighted by atomic mass is 10.2. The largest absolute Gasteiger partial charge is 0.486 e. The third-order valence-electron chi connectivity index (χ3n) is 4.13. The van der Waals surface area contributed by atoms with Crippen LogP contribution in [0.2, 0.25) is 0 Å². The molecule has 2 aromatic rings. The van der Waals surface area contributed by atoms with Crippen molar-refractivity contribution < 1.29 is 23.8 Å². The second-order valence-electron chi connectivity index (χ2n) is 6.31. The molecule has 148 valence electrons. The van der Waals surface area contributed by atoms with Gasteiger partial charge in [-0.3, -0.25) is 9.59 Å². The van der Waals surface area contributed by atoms with Crippen LogP contribution in [0.3, 0.4) is 0 Å². The van der Waals surface area contributed by atoms with E-state index in [1.807, 2.05) is 48.5 Å². The number of hydrogen-bond donors (Lipinski definition) is 1. The number of carbonyl (C=O) groups is 2. The number of para-hydroxylation sites is 1. The fraction of sp³-hybridized carbons (Fsp3) is 0.333. The summed E-state index contributed by atoms with van der Waals surface area (Å²) < 4.78 is 16.3. The normalized spacial score (nSPS) is 15.0. The number of hydrogen-bond acceptors (Lipinski definition) is 6. The summed E-state index contributed by atoms with van der Waals surface area (Å²) in [4.78, 5) is 24.4. The Balaban J connectivity index is 1.50. The zero-order chi connectivity index (χ0) is 19.8. The van der Waals surface area contributed by atoms with E-state index in [1.54, 1.807) is 11.8 Å². The number of esters is 1. The van der Waals surface area contributed by atoms with E-state index in [0.717, 1.165) is 22.8 Å². The second-order valence-corrected chi connectivity index (χ2v) is 7.47. The molecule has 0 saturated heterocycles. The van der Waals surface area contributed by atoms with E-state index in [4.69, 9.17) is 9.47 Å². The van der Waals surface area contributed by atoms with Gasteiger partial charge in [-0.25, -0.2) is 0 Å². The molecule has 6 nitrogen and oxygen atoms in total. The highest BCUT2D eigenvalue weighted by Gasteiger charge is 2.24. The molecule has 0 spiro atoms. The van der Waals surface area contributed by atoms with E-state index in [2.05, 4.69) is 10.1 Å². The average molecular weight is 401 g/mol. The lowest BCUT2D eigenvalue weighted by molar-refractivity contribution is -0.140. The fourth-order valence-corrected chi connectivity index (χ4v) is 3.61. The molecular formula is C21H23NO5S. The summed E-state index contributed by atoms with van der Waals surface area (Å²) in [6.07, 6.45) is 1.03. The molecule has 0 aliphatic carbocycles. The molecule has 1 N–H and O–H groups in total. The van der Waals surface area contributed by atoms with Gasteiger partial charge in [-0.05, 0) is 42.5 Å². The van der Waals surface area contributed by atoms with Crippen molar-refractivity contribution in [3.8, 4) is 11.5 Å². The zero-order valence-corrected chi connectivity index (χ0v) is 16.5. The maximum absolute atomic E-state index is 12.2. The minimum absolute atomic E-state index is 0.114. The fourth-order valence-electron chi connectivity index (χ4n) is 2.74. The molecule has 1 amide bonds. The van der Waals surface area contributed by atoms with Crippen LogP contribution in [0.15, 0.2) is 53.4 Å². The van der Waals surface area contributed by atoms with Crippen molar-refractivity contribution in [2.75, 3.05) is 24.8 Å². The molecular weight excluding hydrogens is 378 g/mol. The van der Waals surface area contributed by atoms with Crippen LogP contribution in [-0.4, -0.2) is 37.4 Å². The van der Waals surface area contributed by atoms with Gasteiger partial charge < -0.3 is 19.5 Å². The van der Waals surface area contributed by atoms with Crippen molar-refractivity contribution in [2.45, 2.75) is 30.3 Å². The number of carbonyl (C=O) groups excluding carboxylic acids is 2. The van der Waals surface area contributed by atoms with Crippen LogP contribution >= 0.6 is 11.8 Å². The summed E-state index contributed by atoms with van der Waals surface area (Å²) in [5.74, 6) is 1.81. The number of methoxy groups -OCH3 is 1. The Morgan fingerprint density at radius 2 is 2.00 bits per heavy atom. The smallest absolute Gasteiger partial charge is 0.305 e. The highest BCUT2D eigenvalue weighted by Crippen LogP contribution is 2.36. The van der Waals surface area contributed by atoms with Gasteiger partial charge in [-0.2, -0.15) is 0 Å². The summed E-state index contributed by atoms with van der Waals surface area (Å²) in [6.45, 7) is 0.334. The zero-order valence-electron chi connectivity index (χ0n) is 15.7. The Labute approximate surface area is 168 Å². The first-order chi connectivity index (χ1) is 13.6. The highest BCUT2D eigenvalue weighted by molar-refractivity contribution is 7.99. The Morgan fingerprint density at radius 3 is 2.79 bits per heavy atom. The molecule has 1 atom stereocenters. The van der Waals surface area contributed by atoms with E-state index < -0.39 is 0 Å². The van der Waals surface area contributed by atoms with Crippen molar-refractivity contribution in [3.63, 3.8) is 0 Å². The van der Waals surface area contributed by atoms with E-state index in [0.29, 0.717) is 24.5 Å². The number of benzene rings is 2. The number of thioether (sulfide) groups is 1. The lowest BCUT2D eigenvalue weighted by Crippen LogP contribution is -2.33. The standard InChI is InChI=1S/C21H23NO5S/c1-25-21(24)8-5-11-28-17-9-10-18-19(13-17)27-16(14-26-18)12-20(23)22-15-6-3-2-4-7-15/h2-4,6-7,9-10,13,16H,5,8,11-12,14H2,1H3,(H,22,23). The Hall–Kier alpha value is -2.67. The topological polar surface area (TPSA) is 73.9 Å². The molecule has 0 fully saturated rings. The Morgan fingerprint density at radius 1 is 1.18 bits per heavy atom. The van der Waals surface area contributed by atoms with Crippen molar-refractivity contribution >= 4 is 29.3 Å². The third-order valence-corrected chi connectivity index (χ3v) is 5.21. The van der Waals surface area contributed by atoms with Crippen LogP contribution in [0.25, 0.3) is 0 Å². The van der Waals surface area contributed by atoms with Gasteiger partial charge in [-0.15, -0.1) is 11.8 Å². The summed E-state index contributed by atoms with van der Waals surface area (Å²) in [6, 6.07) is 15.1. The second kappa shape index (κ2) is 10.0. The molecule has 28 heavy (non-hydrogen) atoms. The van der Waals surface area contributed by atoms with Crippen LogP contribution in [0.4, 0.5) is 5.69 Å². The van der Waals surface area contributed by atoms with Gasteiger partial charge in [0.1, 0.15) is 12.7 Å². The van der Waals surface area contributed by atoms with Gasteiger partial charge in [-0.1, -0.05) is 18.2 Å². The quantitative estimate of drug-likeness (QED) is 0.411. The summed E-state index contributed by atoms with van der Waals surface area (Å²) >= 11 is 1.64. The predicted molar refractivity (Wildman–Crippen MR) is 108 cm³/mol. The van der Waals surface area contributed by atoms with Gasteiger partial charge in [0.15, 0.2) is 11.5 Å². The molecule has 1 aliphatic rings. The monoisotopic (exact) mass is 401 g/mol. The SMILES string of the molecule is COC(=O)CCCSc1ccc2c(c1)OC(CC(=O)Nc1ccccc1)CO2. The van der Waals surface area contributed by atoms with Gasteiger partial charge in [0.05, 0.1) is 13.5 Å². The minimum atomic E-state index is -0.337. The number of anilines is 1. The van der Waals surface area contributed by atoms with E-state index in [9.17, 15) is 9.59 Å². The molecule has 0 radical (unpaired) electrons. The first-order valence-corrected chi connectivity index (χ1v) is 10.1. The van der Waals surface area contributed by atoms with Crippen molar-refractivity contribution in [2.24, 2.45) is 0 Å². The molecule has 2 aromatic carbocycles.